The van der Waals surface area contributed by atoms with Crippen molar-refractivity contribution in [2.75, 3.05) is 13.1 Å². The number of carbonyl (C=O) groups is 2. The molecule has 0 aromatic carbocycles. The number of carboxylic acids is 1. The summed E-state index contributed by atoms with van der Waals surface area (Å²) in [7, 11) is 0. The van der Waals surface area contributed by atoms with Gasteiger partial charge in [0.15, 0.2) is 0 Å². The predicted molar refractivity (Wildman–Crippen MR) is 79.4 cm³/mol. The van der Waals surface area contributed by atoms with Gasteiger partial charge in [-0.15, -0.1) is 11.3 Å². The van der Waals surface area contributed by atoms with Crippen LogP contribution < -0.4 is 0 Å². The van der Waals surface area contributed by atoms with E-state index < -0.39 is 5.97 Å². The Morgan fingerprint density at radius 2 is 2.05 bits per heavy atom. The fourth-order valence-corrected chi connectivity index (χ4v) is 3.60. The van der Waals surface area contributed by atoms with Gasteiger partial charge < -0.3 is 10.0 Å². The maximum atomic E-state index is 12.4. The van der Waals surface area contributed by atoms with Crippen LogP contribution in [0, 0.1) is 5.92 Å². The molecule has 5 heteroatoms. The Hall–Kier alpha value is -1.36. The first-order valence-electron chi connectivity index (χ1n) is 7.24. The van der Waals surface area contributed by atoms with E-state index >= 15 is 0 Å². The zero-order chi connectivity index (χ0) is 14.5. The molecule has 0 radical (unpaired) electrons. The lowest BCUT2D eigenvalue weighted by atomic mass is 9.96. The summed E-state index contributed by atoms with van der Waals surface area (Å²) in [5, 5.41) is 8.91. The molecule has 110 valence electrons. The van der Waals surface area contributed by atoms with Crippen molar-refractivity contribution < 1.29 is 14.7 Å². The average molecular weight is 295 g/mol. The molecule has 0 aliphatic carbocycles. The van der Waals surface area contributed by atoms with E-state index in [0.29, 0.717) is 4.88 Å². The smallest absolute Gasteiger partial charge is 0.345 e. The van der Waals surface area contributed by atoms with Crippen LogP contribution in [0.3, 0.4) is 0 Å². The first-order chi connectivity index (χ1) is 9.61. The van der Waals surface area contributed by atoms with Gasteiger partial charge in [-0.05, 0) is 37.3 Å². The lowest BCUT2D eigenvalue weighted by Crippen LogP contribution is -2.31. The second-order valence-electron chi connectivity index (χ2n) is 5.35. The van der Waals surface area contributed by atoms with Crippen molar-refractivity contribution in [3.05, 3.63) is 21.9 Å². The Morgan fingerprint density at radius 3 is 2.70 bits per heavy atom. The van der Waals surface area contributed by atoms with E-state index in [1.807, 2.05) is 4.90 Å². The molecule has 1 amide bonds. The standard InChI is InChI=1S/C15H21NO3S/c1-2-4-11-5-3-9-16(10-8-11)14(17)12-6-7-13(20-12)15(18)19/h6-7,11H,2-5,8-10H2,1H3,(H,18,19). The van der Waals surface area contributed by atoms with E-state index in [1.54, 1.807) is 6.07 Å². The Kier molecular flexibility index (Phi) is 5.17. The van der Waals surface area contributed by atoms with Crippen molar-refractivity contribution in [3.63, 3.8) is 0 Å². The number of hydrogen-bond donors (Lipinski definition) is 1. The predicted octanol–water partition coefficient (Wildman–Crippen LogP) is 3.49. The van der Waals surface area contributed by atoms with Crippen molar-refractivity contribution in [2.24, 2.45) is 5.92 Å². The Balaban J connectivity index is 1.99. The van der Waals surface area contributed by atoms with Crippen LogP contribution in [0.25, 0.3) is 0 Å². The second-order valence-corrected chi connectivity index (χ2v) is 6.43. The zero-order valence-electron chi connectivity index (χ0n) is 11.8. The highest BCUT2D eigenvalue weighted by Gasteiger charge is 2.22. The third-order valence-corrected chi connectivity index (χ3v) is 4.92. The number of likely N-dealkylation sites (tertiary alicyclic amines) is 1. The normalized spacial score (nSPS) is 19.6. The quantitative estimate of drug-likeness (QED) is 0.925. The van der Waals surface area contributed by atoms with Gasteiger partial charge in [-0.2, -0.15) is 0 Å². The van der Waals surface area contributed by atoms with Gasteiger partial charge in [0.1, 0.15) is 4.88 Å². The molecule has 2 rings (SSSR count). The summed E-state index contributed by atoms with van der Waals surface area (Å²) in [6.07, 6.45) is 5.75. The summed E-state index contributed by atoms with van der Waals surface area (Å²) < 4.78 is 0. The Labute approximate surface area is 123 Å². The van der Waals surface area contributed by atoms with Gasteiger partial charge in [-0.3, -0.25) is 4.79 Å². The number of thiophene rings is 1. The van der Waals surface area contributed by atoms with Crippen LogP contribution in [0.15, 0.2) is 12.1 Å². The molecule has 1 aliphatic heterocycles. The maximum Gasteiger partial charge on any atom is 0.345 e. The van der Waals surface area contributed by atoms with E-state index in [2.05, 4.69) is 6.92 Å². The van der Waals surface area contributed by atoms with Crippen molar-refractivity contribution in [2.45, 2.75) is 39.0 Å². The molecule has 0 saturated carbocycles. The summed E-state index contributed by atoms with van der Waals surface area (Å²) >= 11 is 1.07. The third kappa shape index (κ3) is 3.60. The molecule has 1 saturated heterocycles. The van der Waals surface area contributed by atoms with Gasteiger partial charge in [0, 0.05) is 13.1 Å². The Bertz CT molecular complexity index is 483. The van der Waals surface area contributed by atoms with Crippen molar-refractivity contribution in [1.82, 2.24) is 4.90 Å². The first kappa shape index (κ1) is 15.0. The zero-order valence-corrected chi connectivity index (χ0v) is 12.6. The molecule has 0 bridgehead atoms. The van der Waals surface area contributed by atoms with Crippen LogP contribution >= 0.6 is 11.3 Å². The van der Waals surface area contributed by atoms with Gasteiger partial charge in [-0.1, -0.05) is 19.8 Å². The van der Waals surface area contributed by atoms with E-state index in [9.17, 15) is 9.59 Å². The van der Waals surface area contributed by atoms with Crippen LogP contribution in [0.1, 0.15) is 58.4 Å². The van der Waals surface area contributed by atoms with Gasteiger partial charge >= 0.3 is 5.97 Å². The summed E-state index contributed by atoms with van der Waals surface area (Å²) in [5.74, 6) is -0.247. The Morgan fingerprint density at radius 1 is 1.30 bits per heavy atom. The van der Waals surface area contributed by atoms with Crippen LogP contribution in [0.2, 0.25) is 0 Å². The summed E-state index contributed by atoms with van der Waals surface area (Å²) in [5.41, 5.74) is 0. The van der Waals surface area contributed by atoms with Crippen LogP contribution in [0.5, 0.6) is 0 Å². The van der Waals surface area contributed by atoms with Gasteiger partial charge in [0.25, 0.3) is 5.91 Å². The highest BCUT2D eigenvalue weighted by atomic mass is 32.1. The summed E-state index contributed by atoms with van der Waals surface area (Å²) in [4.78, 5) is 25.9. The molecule has 1 unspecified atom stereocenters. The molecule has 0 spiro atoms. The highest BCUT2D eigenvalue weighted by Crippen LogP contribution is 2.24. The van der Waals surface area contributed by atoms with Gasteiger partial charge in [0.05, 0.1) is 4.88 Å². The third-order valence-electron chi connectivity index (χ3n) is 3.86. The lowest BCUT2D eigenvalue weighted by Gasteiger charge is -2.19. The van der Waals surface area contributed by atoms with Crippen molar-refractivity contribution >= 4 is 23.2 Å². The van der Waals surface area contributed by atoms with Crippen LogP contribution in [-0.2, 0) is 0 Å². The van der Waals surface area contributed by atoms with Gasteiger partial charge in [0.2, 0.25) is 0 Å². The molecule has 1 atom stereocenters. The molecule has 1 aromatic rings. The number of hydrogen-bond acceptors (Lipinski definition) is 3. The van der Waals surface area contributed by atoms with E-state index in [0.717, 1.165) is 43.2 Å². The number of rotatable bonds is 4. The fraction of sp³-hybridized carbons (Fsp3) is 0.600. The minimum atomic E-state index is -0.965. The summed E-state index contributed by atoms with van der Waals surface area (Å²) in [6, 6.07) is 3.14. The monoisotopic (exact) mass is 295 g/mol. The van der Waals surface area contributed by atoms with E-state index in [-0.39, 0.29) is 10.8 Å². The largest absolute Gasteiger partial charge is 0.477 e. The molecule has 2 heterocycles. The maximum absolute atomic E-state index is 12.4. The van der Waals surface area contributed by atoms with Crippen molar-refractivity contribution in [3.8, 4) is 0 Å². The number of amides is 1. The fourth-order valence-electron chi connectivity index (χ4n) is 2.79. The van der Waals surface area contributed by atoms with Gasteiger partial charge in [-0.25, -0.2) is 4.79 Å². The molecule has 1 aromatic heterocycles. The van der Waals surface area contributed by atoms with Crippen molar-refractivity contribution in [1.29, 1.82) is 0 Å². The SMILES string of the molecule is CCCC1CCCN(C(=O)c2ccc(C(=O)O)s2)CC1. The number of carbonyl (C=O) groups excluding carboxylic acids is 1. The number of carboxylic acid groups (broad SMARTS) is 1. The molecule has 1 aliphatic rings. The average Bonchev–Trinajstić information content (AvgIpc) is 2.80. The molecule has 4 nitrogen and oxygen atoms in total. The number of nitrogens with zero attached hydrogens (tertiary/aromatic N) is 1. The molecular weight excluding hydrogens is 274 g/mol. The second kappa shape index (κ2) is 6.88. The number of aromatic carboxylic acids is 1. The molecule has 1 N–H and O–H groups in total. The highest BCUT2D eigenvalue weighted by molar-refractivity contribution is 7.15. The minimum absolute atomic E-state index is 0.0142. The molecule has 1 fully saturated rings. The van der Waals surface area contributed by atoms with Crippen LogP contribution in [-0.4, -0.2) is 35.0 Å². The minimum Gasteiger partial charge on any atom is -0.477 e. The molecular formula is C15H21NO3S. The summed E-state index contributed by atoms with van der Waals surface area (Å²) in [6.45, 7) is 3.79. The van der Waals surface area contributed by atoms with E-state index in [4.69, 9.17) is 5.11 Å². The molecule has 20 heavy (non-hydrogen) atoms. The topological polar surface area (TPSA) is 57.6 Å². The van der Waals surface area contributed by atoms with Crippen LogP contribution in [0.4, 0.5) is 0 Å². The lowest BCUT2D eigenvalue weighted by molar-refractivity contribution is 0.0701. The van der Waals surface area contributed by atoms with E-state index in [1.165, 1.54) is 25.3 Å². The first-order valence-corrected chi connectivity index (χ1v) is 8.06.